The molecule has 1 amide bonds. The van der Waals surface area contributed by atoms with Crippen molar-refractivity contribution in [2.45, 2.75) is 32.7 Å². The molecule has 3 nitrogen and oxygen atoms in total. The number of hydrogen-bond acceptors (Lipinski definition) is 2. The summed E-state index contributed by atoms with van der Waals surface area (Å²) in [6.45, 7) is 4.09. The van der Waals surface area contributed by atoms with E-state index in [1.54, 1.807) is 24.1 Å². The van der Waals surface area contributed by atoms with E-state index in [0.29, 0.717) is 5.02 Å². The maximum atomic E-state index is 12.2. The number of amides is 1. The van der Waals surface area contributed by atoms with Gasteiger partial charge in [0.1, 0.15) is 10.8 Å². The van der Waals surface area contributed by atoms with Crippen LogP contribution in [-0.4, -0.2) is 28.9 Å². The summed E-state index contributed by atoms with van der Waals surface area (Å²) in [6.07, 6.45) is 1.80. The van der Waals surface area contributed by atoms with Crippen LogP contribution in [-0.2, 0) is 0 Å². The van der Waals surface area contributed by atoms with Crippen molar-refractivity contribution in [2.24, 2.45) is 0 Å². The van der Waals surface area contributed by atoms with Crippen LogP contribution < -0.4 is 0 Å². The average Bonchev–Trinajstić information content (AvgIpc) is 2.32. The molecule has 0 N–H and O–H groups in total. The van der Waals surface area contributed by atoms with E-state index in [1.807, 2.05) is 13.8 Å². The second-order valence-corrected chi connectivity index (χ2v) is 4.65. The highest BCUT2D eigenvalue weighted by Crippen LogP contribution is 2.20. The fourth-order valence-electron chi connectivity index (χ4n) is 1.74. The molecule has 5 heteroatoms. The van der Waals surface area contributed by atoms with Gasteiger partial charge in [0.2, 0.25) is 0 Å². The molecule has 1 heterocycles. The van der Waals surface area contributed by atoms with Crippen LogP contribution in [0.15, 0.2) is 12.1 Å². The molecule has 17 heavy (non-hydrogen) atoms. The molecule has 0 aliphatic heterocycles. The number of halogens is 2. The zero-order valence-corrected chi connectivity index (χ0v) is 11.7. The largest absolute Gasteiger partial charge is 0.337 e. The van der Waals surface area contributed by atoms with E-state index < -0.39 is 0 Å². The highest BCUT2D eigenvalue weighted by atomic mass is 35.5. The van der Waals surface area contributed by atoms with E-state index >= 15 is 0 Å². The van der Waals surface area contributed by atoms with E-state index in [1.165, 1.54) is 0 Å². The highest BCUT2D eigenvalue weighted by Gasteiger charge is 2.21. The Morgan fingerprint density at radius 2 is 1.94 bits per heavy atom. The van der Waals surface area contributed by atoms with Gasteiger partial charge >= 0.3 is 0 Å². The van der Waals surface area contributed by atoms with Gasteiger partial charge in [-0.2, -0.15) is 0 Å². The fourth-order valence-corrected chi connectivity index (χ4v) is 2.07. The third-order valence-corrected chi connectivity index (χ3v) is 3.34. The van der Waals surface area contributed by atoms with Crippen molar-refractivity contribution >= 4 is 29.1 Å². The molecular weight excluding hydrogens is 259 g/mol. The van der Waals surface area contributed by atoms with E-state index in [4.69, 9.17) is 23.2 Å². The summed E-state index contributed by atoms with van der Waals surface area (Å²) >= 11 is 11.7. The first-order valence-corrected chi connectivity index (χ1v) is 6.36. The highest BCUT2D eigenvalue weighted by molar-refractivity contribution is 6.34. The molecule has 0 radical (unpaired) electrons. The van der Waals surface area contributed by atoms with Gasteiger partial charge in [0, 0.05) is 13.1 Å². The lowest BCUT2D eigenvalue weighted by molar-refractivity contribution is 0.0718. The molecular formula is C12H16Cl2N2O. The quantitative estimate of drug-likeness (QED) is 0.786. The minimum Gasteiger partial charge on any atom is -0.337 e. The Labute approximate surface area is 112 Å². The van der Waals surface area contributed by atoms with Crippen molar-refractivity contribution in [2.75, 3.05) is 7.05 Å². The molecule has 0 aliphatic rings. The normalized spacial score (nSPS) is 10.7. The van der Waals surface area contributed by atoms with Crippen molar-refractivity contribution in [3.63, 3.8) is 0 Å². The van der Waals surface area contributed by atoms with Gasteiger partial charge in [0.15, 0.2) is 0 Å². The number of hydrogen-bond donors (Lipinski definition) is 0. The Kier molecular flexibility index (Phi) is 5.22. The van der Waals surface area contributed by atoms with E-state index in [0.717, 1.165) is 12.8 Å². The zero-order valence-electron chi connectivity index (χ0n) is 10.2. The van der Waals surface area contributed by atoms with Crippen molar-refractivity contribution in [1.29, 1.82) is 0 Å². The van der Waals surface area contributed by atoms with Crippen LogP contribution in [0.5, 0.6) is 0 Å². The lowest BCUT2D eigenvalue weighted by atomic mass is 10.1. The lowest BCUT2D eigenvalue weighted by Gasteiger charge is -2.26. The molecule has 0 aliphatic carbocycles. The van der Waals surface area contributed by atoms with Gasteiger partial charge in [-0.3, -0.25) is 4.79 Å². The number of nitrogens with zero attached hydrogens (tertiary/aromatic N) is 2. The minimum absolute atomic E-state index is 0.189. The number of rotatable bonds is 4. The van der Waals surface area contributed by atoms with E-state index in [9.17, 15) is 4.79 Å². The molecule has 94 valence electrons. The predicted octanol–water partition coefficient (Wildman–Crippen LogP) is 3.65. The van der Waals surface area contributed by atoms with Crippen LogP contribution in [0.3, 0.4) is 0 Å². The molecule has 1 aromatic rings. The summed E-state index contributed by atoms with van der Waals surface area (Å²) < 4.78 is 0. The summed E-state index contributed by atoms with van der Waals surface area (Å²) in [5, 5.41) is 0.605. The zero-order chi connectivity index (χ0) is 13.0. The first-order valence-electron chi connectivity index (χ1n) is 5.60. The molecule has 0 aromatic carbocycles. The molecule has 1 aromatic heterocycles. The fraction of sp³-hybridized carbons (Fsp3) is 0.500. The van der Waals surface area contributed by atoms with Crippen molar-refractivity contribution < 1.29 is 4.79 Å². The number of pyridine rings is 1. The van der Waals surface area contributed by atoms with Crippen LogP contribution in [0.2, 0.25) is 10.2 Å². The predicted molar refractivity (Wildman–Crippen MR) is 70.7 cm³/mol. The first-order chi connectivity index (χ1) is 8.01. The molecule has 0 fully saturated rings. The third kappa shape index (κ3) is 3.33. The molecule has 0 spiro atoms. The van der Waals surface area contributed by atoms with Crippen LogP contribution in [0.1, 0.15) is 37.2 Å². The Balaban J connectivity index is 2.99. The van der Waals surface area contributed by atoms with Crippen LogP contribution in [0.4, 0.5) is 0 Å². The smallest absolute Gasteiger partial charge is 0.274 e. The maximum Gasteiger partial charge on any atom is 0.274 e. The van der Waals surface area contributed by atoms with E-state index in [-0.39, 0.29) is 22.8 Å². The van der Waals surface area contributed by atoms with Gasteiger partial charge in [-0.05, 0) is 25.0 Å². The van der Waals surface area contributed by atoms with Crippen LogP contribution in [0.25, 0.3) is 0 Å². The molecule has 1 rings (SSSR count). The number of carbonyl (C=O) groups excluding carboxylic acids is 1. The Morgan fingerprint density at radius 3 is 2.47 bits per heavy atom. The van der Waals surface area contributed by atoms with Crippen molar-refractivity contribution in [3.05, 3.63) is 28.0 Å². The van der Waals surface area contributed by atoms with Crippen molar-refractivity contribution in [3.8, 4) is 0 Å². The number of carbonyl (C=O) groups is 1. The Hall–Kier alpha value is -0.800. The molecule has 0 unspecified atom stereocenters. The van der Waals surface area contributed by atoms with E-state index in [2.05, 4.69) is 4.98 Å². The lowest BCUT2D eigenvalue weighted by Crippen LogP contribution is -2.36. The second kappa shape index (κ2) is 6.22. The van der Waals surface area contributed by atoms with Gasteiger partial charge in [0.25, 0.3) is 5.91 Å². The minimum atomic E-state index is -0.189. The standard InChI is InChI=1S/C12H16Cl2N2O/c1-4-8(5-2)16(3)12(17)11-9(13)6-7-10(14)15-11/h6-8H,4-5H2,1-3H3. The molecule has 0 bridgehead atoms. The Bertz CT molecular complexity index is 405. The monoisotopic (exact) mass is 274 g/mol. The molecule has 0 atom stereocenters. The summed E-state index contributed by atoms with van der Waals surface area (Å²) in [5.74, 6) is -0.189. The van der Waals surface area contributed by atoms with Crippen LogP contribution in [0, 0.1) is 0 Å². The third-order valence-electron chi connectivity index (χ3n) is 2.83. The van der Waals surface area contributed by atoms with Gasteiger partial charge in [0.05, 0.1) is 5.02 Å². The van der Waals surface area contributed by atoms with Crippen LogP contribution >= 0.6 is 23.2 Å². The summed E-state index contributed by atoms with van der Waals surface area (Å²) in [7, 11) is 1.76. The molecule has 0 saturated carbocycles. The van der Waals surface area contributed by atoms with Crippen molar-refractivity contribution in [1.82, 2.24) is 9.88 Å². The topological polar surface area (TPSA) is 33.2 Å². The summed E-state index contributed by atoms with van der Waals surface area (Å²) in [6, 6.07) is 3.35. The van der Waals surface area contributed by atoms with Gasteiger partial charge in [-0.15, -0.1) is 0 Å². The first kappa shape index (κ1) is 14.3. The summed E-state index contributed by atoms with van der Waals surface area (Å²) in [5.41, 5.74) is 0.216. The maximum absolute atomic E-state index is 12.2. The molecule has 0 saturated heterocycles. The van der Waals surface area contributed by atoms with Gasteiger partial charge in [-0.1, -0.05) is 37.0 Å². The number of aromatic nitrogens is 1. The Morgan fingerprint density at radius 1 is 1.35 bits per heavy atom. The summed E-state index contributed by atoms with van der Waals surface area (Å²) in [4.78, 5) is 17.9. The second-order valence-electron chi connectivity index (χ2n) is 3.85. The average molecular weight is 275 g/mol. The SMILES string of the molecule is CCC(CC)N(C)C(=O)c1nc(Cl)ccc1Cl. The van der Waals surface area contributed by atoms with Gasteiger partial charge < -0.3 is 4.90 Å². The van der Waals surface area contributed by atoms with Gasteiger partial charge in [-0.25, -0.2) is 4.98 Å².